The second-order valence-electron chi connectivity index (χ2n) is 5.92. The summed E-state index contributed by atoms with van der Waals surface area (Å²) in [5.41, 5.74) is 3.02. The maximum Gasteiger partial charge on any atom is 0.269 e. The van der Waals surface area contributed by atoms with Gasteiger partial charge in [0.1, 0.15) is 0 Å². The van der Waals surface area contributed by atoms with Gasteiger partial charge in [-0.25, -0.2) is 4.99 Å². The van der Waals surface area contributed by atoms with E-state index in [2.05, 4.69) is 15.6 Å². The maximum absolute atomic E-state index is 10.8. The van der Waals surface area contributed by atoms with E-state index in [0.29, 0.717) is 19.0 Å². The van der Waals surface area contributed by atoms with Crippen LogP contribution in [0.3, 0.4) is 0 Å². The molecule has 3 rings (SSSR count). The standard InChI is InChI=1S/C21H20N4O2/c26-25(27)20-13-11-19(12-14-20)24-21(22-15-17-7-3-1-4-8-17)23-16-18-9-5-2-6-10-18/h1-14H,15-16H2,(H2,22,23,24). The van der Waals surface area contributed by atoms with Crippen LogP contribution >= 0.6 is 0 Å². The summed E-state index contributed by atoms with van der Waals surface area (Å²) in [4.78, 5) is 15.0. The van der Waals surface area contributed by atoms with Gasteiger partial charge in [-0.1, -0.05) is 60.7 Å². The van der Waals surface area contributed by atoms with Crippen molar-refractivity contribution >= 4 is 17.3 Å². The molecule has 0 heterocycles. The molecule has 0 fully saturated rings. The zero-order valence-electron chi connectivity index (χ0n) is 14.7. The van der Waals surface area contributed by atoms with Crippen LogP contribution in [-0.2, 0) is 13.1 Å². The molecule has 0 unspecified atom stereocenters. The SMILES string of the molecule is O=[N+]([O-])c1ccc(NC(=NCc2ccccc2)NCc2ccccc2)cc1. The average molecular weight is 360 g/mol. The third kappa shape index (κ3) is 5.67. The third-order valence-corrected chi connectivity index (χ3v) is 3.91. The molecule has 3 aromatic rings. The first-order valence-corrected chi connectivity index (χ1v) is 8.58. The van der Waals surface area contributed by atoms with Gasteiger partial charge < -0.3 is 10.6 Å². The van der Waals surface area contributed by atoms with E-state index in [1.54, 1.807) is 12.1 Å². The zero-order chi connectivity index (χ0) is 18.9. The van der Waals surface area contributed by atoms with Crippen molar-refractivity contribution in [2.45, 2.75) is 13.1 Å². The Kier molecular flexibility index (Phi) is 6.14. The molecule has 0 bridgehead atoms. The second kappa shape index (κ2) is 9.15. The molecule has 3 aromatic carbocycles. The number of nitrogens with one attached hydrogen (secondary N) is 2. The van der Waals surface area contributed by atoms with Crippen molar-refractivity contribution in [3.8, 4) is 0 Å². The zero-order valence-corrected chi connectivity index (χ0v) is 14.7. The molecule has 0 amide bonds. The smallest absolute Gasteiger partial charge is 0.269 e. The molecule has 0 saturated heterocycles. The predicted octanol–water partition coefficient (Wildman–Crippen LogP) is 4.35. The molecular weight excluding hydrogens is 340 g/mol. The van der Waals surface area contributed by atoms with Crippen LogP contribution in [0.25, 0.3) is 0 Å². The van der Waals surface area contributed by atoms with E-state index < -0.39 is 4.92 Å². The Morgan fingerprint density at radius 2 is 1.44 bits per heavy atom. The molecule has 0 spiro atoms. The lowest BCUT2D eigenvalue weighted by Crippen LogP contribution is -2.30. The molecule has 0 radical (unpaired) electrons. The Hall–Kier alpha value is -3.67. The number of benzene rings is 3. The van der Waals surface area contributed by atoms with Crippen molar-refractivity contribution in [2.24, 2.45) is 4.99 Å². The van der Waals surface area contributed by atoms with Gasteiger partial charge in [-0.2, -0.15) is 0 Å². The minimum absolute atomic E-state index is 0.0561. The number of rotatable bonds is 6. The minimum atomic E-state index is -0.415. The number of nitro benzene ring substituents is 1. The van der Waals surface area contributed by atoms with Crippen LogP contribution in [-0.4, -0.2) is 10.9 Å². The maximum atomic E-state index is 10.8. The molecule has 136 valence electrons. The largest absolute Gasteiger partial charge is 0.352 e. The van der Waals surface area contributed by atoms with E-state index in [-0.39, 0.29) is 5.69 Å². The van der Waals surface area contributed by atoms with Gasteiger partial charge in [0.2, 0.25) is 0 Å². The molecule has 6 nitrogen and oxygen atoms in total. The fourth-order valence-electron chi connectivity index (χ4n) is 2.48. The fourth-order valence-corrected chi connectivity index (χ4v) is 2.48. The molecular formula is C21H20N4O2. The lowest BCUT2D eigenvalue weighted by Gasteiger charge is -2.13. The monoisotopic (exact) mass is 360 g/mol. The number of hydrogen-bond donors (Lipinski definition) is 2. The van der Waals surface area contributed by atoms with E-state index in [1.807, 2.05) is 60.7 Å². The lowest BCUT2D eigenvalue weighted by molar-refractivity contribution is -0.384. The minimum Gasteiger partial charge on any atom is -0.352 e. The summed E-state index contributed by atoms with van der Waals surface area (Å²) in [5.74, 6) is 0.608. The van der Waals surface area contributed by atoms with Crippen LogP contribution < -0.4 is 10.6 Å². The van der Waals surface area contributed by atoms with E-state index in [0.717, 1.165) is 16.8 Å². The highest BCUT2D eigenvalue weighted by Gasteiger charge is 2.06. The molecule has 0 saturated carbocycles. The Morgan fingerprint density at radius 1 is 0.852 bits per heavy atom. The number of anilines is 1. The van der Waals surface area contributed by atoms with Crippen LogP contribution in [0.5, 0.6) is 0 Å². The summed E-state index contributed by atoms with van der Waals surface area (Å²) in [6, 6.07) is 26.2. The summed E-state index contributed by atoms with van der Waals surface area (Å²) in [5, 5.41) is 17.3. The molecule has 0 aliphatic heterocycles. The van der Waals surface area contributed by atoms with Gasteiger partial charge in [-0.3, -0.25) is 10.1 Å². The number of hydrogen-bond acceptors (Lipinski definition) is 3. The van der Waals surface area contributed by atoms with Gasteiger partial charge in [0.05, 0.1) is 11.5 Å². The highest BCUT2D eigenvalue weighted by Crippen LogP contribution is 2.15. The van der Waals surface area contributed by atoms with Gasteiger partial charge in [-0.05, 0) is 23.3 Å². The third-order valence-electron chi connectivity index (χ3n) is 3.91. The van der Waals surface area contributed by atoms with Crippen LogP contribution in [0, 0.1) is 10.1 Å². The second-order valence-corrected chi connectivity index (χ2v) is 5.92. The van der Waals surface area contributed by atoms with Gasteiger partial charge >= 0.3 is 0 Å². The van der Waals surface area contributed by atoms with Gasteiger partial charge in [0.25, 0.3) is 5.69 Å². The molecule has 0 aliphatic carbocycles. The molecule has 0 atom stereocenters. The lowest BCUT2D eigenvalue weighted by atomic mass is 10.2. The topological polar surface area (TPSA) is 79.6 Å². The summed E-state index contributed by atoms with van der Waals surface area (Å²) >= 11 is 0. The predicted molar refractivity (Wildman–Crippen MR) is 108 cm³/mol. The Balaban J connectivity index is 1.72. The number of nitro groups is 1. The van der Waals surface area contributed by atoms with Crippen molar-refractivity contribution in [3.63, 3.8) is 0 Å². The highest BCUT2D eigenvalue weighted by molar-refractivity contribution is 5.93. The van der Waals surface area contributed by atoms with Gasteiger partial charge in [-0.15, -0.1) is 0 Å². The number of guanidine groups is 1. The van der Waals surface area contributed by atoms with E-state index in [1.165, 1.54) is 12.1 Å². The molecule has 0 aliphatic rings. The Labute approximate surface area is 157 Å². The molecule has 6 heteroatoms. The first kappa shape index (κ1) is 18.1. The Morgan fingerprint density at radius 3 is 2.04 bits per heavy atom. The van der Waals surface area contributed by atoms with Crippen LogP contribution in [0.2, 0.25) is 0 Å². The average Bonchev–Trinajstić information content (AvgIpc) is 2.72. The van der Waals surface area contributed by atoms with Crippen LogP contribution in [0.1, 0.15) is 11.1 Å². The Bertz CT molecular complexity index is 894. The van der Waals surface area contributed by atoms with Crippen LogP contribution in [0.15, 0.2) is 89.9 Å². The van der Waals surface area contributed by atoms with Crippen LogP contribution in [0.4, 0.5) is 11.4 Å². The number of non-ortho nitro benzene ring substituents is 1. The van der Waals surface area contributed by atoms with Crippen molar-refractivity contribution in [1.82, 2.24) is 5.32 Å². The van der Waals surface area contributed by atoms with E-state index in [4.69, 9.17) is 0 Å². The van der Waals surface area contributed by atoms with E-state index in [9.17, 15) is 10.1 Å². The van der Waals surface area contributed by atoms with Crippen molar-refractivity contribution in [1.29, 1.82) is 0 Å². The van der Waals surface area contributed by atoms with Crippen molar-refractivity contribution in [2.75, 3.05) is 5.32 Å². The first-order valence-electron chi connectivity index (χ1n) is 8.58. The van der Waals surface area contributed by atoms with Gasteiger partial charge in [0.15, 0.2) is 5.96 Å². The van der Waals surface area contributed by atoms with E-state index >= 15 is 0 Å². The normalized spacial score (nSPS) is 11.0. The summed E-state index contributed by atoms with van der Waals surface area (Å²) in [6.45, 7) is 1.15. The molecule has 27 heavy (non-hydrogen) atoms. The summed E-state index contributed by atoms with van der Waals surface area (Å²) in [7, 11) is 0. The molecule has 0 aromatic heterocycles. The quantitative estimate of drug-likeness (QED) is 0.296. The summed E-state index contributed by atoms with van der Waals surface area (Å²) < 4.78 is 0. The van der Waals surface area contributed by atoms with Crippen molar-refractivity contribution < 1.29 is 4.92 Å². The van der Waals surface area contributed by atoms with Crippen molar-refractivity contribution in [3.05, 3.63) is 106 Å². The molecule has 2 N–H and O–H groups in total. The first-order chi connectivity index (χ1) is 13.2. The highest BCUT2D eigenvalue weighted by atomic mass is 16.6. The van der Waals surface area contributed by atoms with Gasteiger partial charge in [0, 0.05) is 24.4 Å². The fraction of sp³-hybridized carbons (Fsp3) is 0.0952. The number of nitrogens with zero attached hydrogens (tertiary/aromatic N) is 2. The number of aliphatic imine (C=N–C) groups is 1. The summed E-state index contributed by atoms with van der Waals surface area (Å²) in [6.07, 6.45) is 0.